The Kier molecular flexibility index (Phi) is 4.41. The number of nitrogens with zero attached hydrogens (tertiary/aromatic N) is 3. The molecule has 100 valence electrons. The number of carbonyl (C=O) groups is 1. The summed E-state index contributed by atoms with van der Waals surface area (Å²) in [4.78, 5) is 17.3. The Balaban J connectivity index is 1.83. The summed E-state index contributed by atoms with van der Waals surface area (Å²) in [6.07, 6.45) is 4.63. The number of likely N-dealkylation sites (N-methyl/N-ethyl adjacent to an activating group) is 1. The molecule has 0 spiro atoms. The second kappa shape index (κ2) is 6.24. The van der Waals surface area contributed by atoms with E-state index < -0.39 is 0 Å². The Hall–Kier alpha value is -2.01. The highest BCUT2D eigenvalue weighted by atomic mass is 35.5. The van der Waals surface area contributed by atoms with Gasteiger partial charge >= 0.3 is 6.03 Å². The normalized spacial score (nSPS) is 10.2. The zero-order chi connectivity index (χ0) is 13.7. The van der Waals surface area contributed by atoms with E-state index in [1.54, 1.807) is 36.5 Å². The number of hydrogen-bond donors (Lipinski definition) is 0. The van der Waals surface area contributed by atoms with Gasteiger partial charge in [0, 0.05) is 19.4 Å². The second-order valence-electron chi connectivity index (χ2n) is 3.95. The van der Waals surface area contributed by atoms with Gasteiger partial charge in [0.05, 0.1) is 11.6 Å². The van der Waals surface area contributed by atoms with Crippen molar-refractivity contribution in [2.45, 2.75) is 0 Å². The highest BCUT2D eigenvalue weighted by Gasteiger charge is 2.10. The van der Waals surface area contributed by atoms with Crippen LogP contribution in [0.1, 0.15) is 0 Å². The van der Waals surface area contributed by atoms with Crippen LogP contribution in [-0.4, -0.2) is 40.7 Å². The van der Waals surface area contributed by atoms with Crippen LogP contribution in [0.2, 0.25) is 5.02 Å². The van der Waals surface area contributed by atoms with Crippen LogP contribution < -0.4 is 4.74 Å². The van der Waals surface area contributed by atoms with Crippen LogP contribution in [0.3, 0.4) is 0 Å². The van der Waals surface area contributed by atoms with Gasteiger partial charge in [0.25, 0.3) is 0 Å². The molecule has 0 unspecified atom stereocenters. The third-order valence-corrected chi connectivity index (χ3v) is 2.88. The minimum atomic E-state index is -0.153. The maximum Gasteiger partial charge on any atom is 0.329 e. The lowest BCUT2D eigenvalue weighted by molar-refractivity contribution is 0.197. The Bertz CT molecular complexity index is 543. The summed E-state index contributed by atoms with van der Waals surface area (Å²) < 4.78 is 6.94. The van der Waals surface area contributed by atoms with Crippen LogP contribution in [0.15, 0.2) is 43.0 Å². The number of halogens is 1. The predicted octanol–water partition coefficient (Wildman–Crippen LogP) is 2.52. The van der Waals surface area contributed by atoms with E-state index in [9.17, 15) is 4.79 Å². The third kappa shape index (κ3) is 3.48. The standard InChI is InChI=1S/C13H14ClN3O2/c1-16(13(18)17-7-6-15-10-17)8-9-19-12-5-3-2-4-11(12)14/h2-7,10H,8-9H2,1H3. The molecule has 0 aliphatic rings. The number of benzene rings is 1. The van der Waals surface area contributed by atoms with E-state index >= 15 is 0 Å². The maximum absolute atomic E-state index is 11.9. The number of aromatic nitrogens is 2. The second-order valence-corrected chi connectivity index (χ2v) is 4.36. The van der Waals surface area contributed by atoms with Gasteiger partial charge in [-0.25, -0.2) is 9.78 Å². The first-order valence-corrected chi connectivity index (χ1v) is 6.17. The molecule has 1 aromatic heterocycles. The molecule has 0 atom stereocenters. The highest BCUT2D eigenvalue weighted by molar-refractivity contribution is 6.32. The van der Waals surface area contributed by atoms with E-state index in [1.807, 2.05) is 12.1 Å². The van der Waals surface area contributed by atoms with Gasteiger partial charge in [-0.05, 0) is 12.1 Å². The van der Waals surface area contributed by atoms with Gasteiger partial charge in [0.1, 0.15) is 18.7 Å². The number of imidazole rings is 1. The van der Waals surface area contributed by atoms with Crippen molar-refractivity contribution in [2.75, 3.05) is 20.2 Å². The summed E-state index contributed by atoms with van der Waals surface area (Å²) in [5, 5.41) is 0.561. The summed E-state index contributed by atoms with van der Waals surface area (Å²) in [6.45, 7) is 0.836. The van der Waals surface area contributed by atoms with Crippen molar-refractivity contribution < 1.29 is 9.53 Å². The minimum Gasteiger partial charge on any atom is -0.490 e. The highest BCUT2D eigenvalue weighted by Crippen LogP contribution is 2.22. The van der Waals surface area contributed by atoms with Gasteiger partial charge in [0.2, 0.25) is 0 Å². The van der Waals surface area contributed by atoms with Gasteiger partial charge in [-0.1, -0.05) is 23.7 Å². The quantitative estimate of drug-likeness (QED) is 0.864. The summed E-state index contributed by atoms with van der Waals surface area (Å²) in [5.74, 6) is 0.618. The molecular weight excluding hydrogens is 266 g/mol. The van der Waals surface area contributed by atoms with Gasteiger partial charge in [-0.3, -0.25) is 4.57 Å². The van der Waals surface area contributed by atoms with Crippen molar-refractivity contribution in [3.05, 3.63) is 48.0 Å². The fourth-order valence-corrected chi connectivity index (χ4v) is 1.71. The van der Waals surface area contributed by atoms with E-state index in [1.165, 1.54) is 10.9 Å². The van der Waals surface area contributed by atoms with Gasteiger partial charge in [-0.15, -0.1) is 0 Å². The van der Waals surface area contributed by atoms with Crippen molar-refractivity contribution in [3.8, 4) is 5.75 Å². The number of hydrogen-bond acceptors (Lipinski definition) is 3. The Morgan fingerprint density at radius 3 is 2.95 bits per heavy atom. The molecule has 0 saturated heterocycles. The number of ether oxygens (including phenoxy) is 1. The first-order valence-electron chi connectivity index (χ1n) is 5.79. The number of carbonyl (C=O) groups excluding carboxylic acids is 1. The van der Waals surface area contributed by atoms with E-state index in [4.69, 9.17) is 16.3 Å². The van der Waals surface area contributed by atoms with Crippen molar-refractivity contribution >= 4 is 17.6 Å². The van der Waals surface area contributed by atoms with Crippen LogP contribution in [0.5, 0.6) is 5.75 Å². The molecule has 1 aromatic carbocycles. The van der Waals surface area contributed by atoms with Crippen molar-refractivity contribution in [2.24, 2.45) is 0 Å². The first-order chi connectivity index (χ1) is 9.18. The molecule has 6 heteroatoms. The van der Waals surface area contributed by atoms with Crippen LogP contribution in [-0.2, 0) is 0 Å². The molecular formula is C13H14ClN3O2. The zero-order valence-electron chi connectivity index (χ0n) is 10.5. The van der Waals surface area contributed by atoms with Crippen molar-refractivity contribution in [1.29, 1.82) is 0 Å². The zero-order valence-corrected chi connectivity index (χ0v) is 11.2. The van der Waals surface area contributed by atoms with Crippen LogP contribution in [0.4, 0.5) is 4.79 Å². The molecule has 0 aliphatic carbocycles. The van der Waals surface area contributed by atoms with E-state index in [-0.39, 0.29) is 6.03 Å². The van der Waals surface area contributed by atoms with Gasteiger partial charge in [-0.2, -0.15) is 0 Å². The van der Waals surface area contributed by atoms with Crippen molar-refractivity contribution in [3.63, 3.8) is 0 Å². The maximum atomic E-state index is 11.9. The SMILES string of the molecule is CN(CCOc1ccccc1Cl)C(=O)n1ccnc1. The van der Waals surface area contributed by atoms with E-state index in [2.05, 4.69) is 4.98 Å². The molecule has 1 amide bonds. The van der Waals surface area contributed by atoms with Gasteiger partial charge in [0.15, 0.2) is 0 Å². The molecule has 0 radical (unpaired) electrons. The lowest BCUT2D eigenvalue weighted by Gasteiger charge is -2.17. The van der Waals surface area contributed by atoms with Crippen LogP contribution >= 0.6 is 11.6 Å². The number of rotatable bonds is 4. The Labute approximate surface area is 116 Å². The molecule has 0 saturated carbocycles. The minimum absolute atomic E-state index is 0.153. The van der Waals surface area contributed by atoms with E-state index in [0.29, 0.717) is 23.9 Å². The van der Waals surface area contributed by atoms with E-state index in [0.717, 1.165) is 0 Å². The summed E-state index contributed by atoms with van der Waals surface area (Å²) in [5.41, 5.74) is 0. The number of para-hydroxylation sites is 1. The molecule has 5 nitrogen and oxygen atoms in total. The van der Waals surface area contributed by atoms with Crippen LogP contribution in [0, 0.1) is 0 Å². The molecule has 0 aliphatic heterocycles. The Morgan fingerprint density at radius 1 is 1.47 bits per heavy atom. The Morgan fingerprint density at radius 2 is 2.26 bits per heavy atom. The molecule has 19 heavy (non-hydrogen) atoms. The van der Waals surface area contributed by atoms with Gasteiger partial charge < -0.3 is 9.64 Å². The largest absolute Gasteiger partial charge is 0.490 e. The molecule has 2 rings (SSSR count). The first kappa shape index (κ1) is 13.4. The monoisotopic (exact) mass is 279 g/mol. The van der Waals surface area contributed by atoms with Crippen LogP contribution in [0.25, 0.3) is 0 Å². The molecule has 0 bridgehead atoms. The fraction of sp³-hybridized carbons (Fsp3) is 0.231. The molecule has 2 aromatic rings. The summed E-state index contributed by atoms with van der Waals surface area (Å²) in [7, 11) is 1.71. The smallest absolute Gasteiger partial charge is 0.329 e. The fourth-order valence-electron chi connectivity index (χ4n) is 1.52. The topological polar surface area (TPSA) is 47.4 Å². The average molecular weight is 280 g/mol. The lowest BCUT2D eigenvalue weighted by Crippen LogP contribution is -2.33. The summed E-state index contributed by atoms with van der Waals surface area (Å²) >= 11 is 5.97. The molecule has 1 heterocycles. The third-order valence-electron chi connectivity index (χ3n) is 2.57. The van der Waals surface area contributed by atoms with Crippen molar-refractivity contribution in [1.82, 2.24) is 14.5 Å². The predicted molar refractivity (Wildman–Crippen MR) is 72.6 cm³/mol. The molecule has 0 fully saturated rings. The average Bonchev–Trinajstić information content (AvgIpc) is 2.94. The molecule has 0 N–H and O–H groups in total. The lowest BCUT2D eigenvalue weighted by atomic mass is 10.3. The number of amides is 1. The summed E-state index contributed by atoms with van der Waals surface area (Å²) in [6, 6.07) is 7.09.